The van der Waals surface area contributed by atoms with Gasteiger partial charge in [0.1, 0.15) is 5.75 Å². The summed E-state index contributed by atoms with van der Waals surface area (Å²) >= 11 is 3.47. The Hall–Kier alpha value is -1.32. The number of benzene rings is 2. The summed E-state index contributed by atoms with van der Waals surface area (Å²) in [6.07, 6.45) is 1.21. The molecule has 2 atom stereocenters. The van der Waals surface area contributed by atoms with Gasteiger partial charge in [0.05, 0.1) is 13.2 Å². The normalized spacial score (nSPS) is 18.1. The molecule has 3 heteroatoms. The second-order valence-electron chi connectivity index (χ2n) is 5.24. The first kappa shape index (κ1) is 13.7. The minimum absolute atomic E-state index is 0.245. The molecule has 2 unspecified atom stereocenters. The summed E-state index contributed by atoms with van der Waals surface area (Å²) in [5, 5.41) is 10.5. The lowest BCUT2D eigenvalue weighted by molar-refractivity contribution is 0.132. The zero-order valence-corrected chi connectivity index (χ0v) is 12.9. The van der Waals surface area contributed by atoms with Crippen molar-refractivity contribution in [3.63, 3.8) is 0 Å². The molecule has 2 aromatic rings. The van der Waals surface area contributed by atoms with E-state index in [1.807, 2.05) is 24.3 Å². The molecule has 0 heterocycles. The zero-order valence-electron chi connectivity index (χ0n) is 11.3. The molecule has 0 aliphatic heterocycles. The van der Waals surface area contributed by atoms with Crippen molar-refractivity contribution in [1.29, 1.82) is 0 Å². The van der Waals surface area contributed by atoms with E-state index in [0.717, 1.165) is 22.2 Å². The summed E-state index contributed by atoms with van der Waals surface area (Å²) in [6.45, 7) is 0. The fourth-order valence-corrected chi connectivity index (χ4v) is 3.32. The Morgan fingerprint density at radius 2 is 2.10 bits per heavy atom. The Balaban J connectivity index is 1.78. The number of aliphatic hydroxyl groups is 1. The monoisotopic (exact) mass is 332 g/mol. The zero-order chi connectivity index (χ0) is 14.1. The molecule has 0 radical (unpaired) electrons. The van der Waals surface area contributed by atoms with E-state index in [1.165, 1.54) is 11.1 Å². The molecule has 104 valence electrons. The lowest BCUT2D eigenvalue weighted by atomic mass is 9.73. The number of rotatable bonds is 4. The minimum Gasteiger partial charge on any atom is -0.496 e. The van der Waals surface area contributed by atoms with Gasteiger partial charge in [-0.25, -0.2) is 0 Å². The van der Waals surface area contributed by atoms with Crippen LogP contribution in [0, 0.1) is 0 Å². The smallest absolute Gasteiger partial charge is 0.122 e. The molecule has 20 heavy (non-hydrogen) atoms. The summed E-state index contributed by atoms with van der Waals surface area (Å²) < 4.78 is 6.38. The Bertz CT molecular complexity index is 624. The van der Waals surface area contributed by atoms with Gasteiger partial charge < -0.3 is 9.84 Å². The minimum atomic E-state index is -0.368. The summed E-state index contributed by atoms with van der Waals surface area (Å²) in [6, 6.07) is 14.3. The van der Waals surface area contributed by atoms with Crippen molar-refractivity contribution in [2.45, 2.75) is 24.9 Å². The van der Waals surface area contributed by atoms with Gasteiger partial charge in [-0.15, -0.1) is 0 Å². The second-order valence-corrected chi connectivity index (χ2v) is 6.15. The van der Waals surface area contributed by atoms with Gasteiger partial charge in [0.15, 0.2) is 0 Å². The van der Waals surface area contributed by atoms with Crippen LogP contribution in [0.1, 0.15) is 22.6 Å². The summed E-state index contributed by atoms with van der Waals surface area (Å²) in [5.41, 5.74) is 3.69. The van der Waals surface area contributed by atoms with Crippen LogP contribution in [0.3, 0.4) is 0 Å². The molecule has 0 aromatic heterocycles. The molecule has 0 bridgehead atoms. The lowest BCUT2D eigenvalue weighted by Crippen LogP contribution is -2.30. The van der Waals surface area contributed by atoms with Gasteiger partial charge >= 0.3 is 0 Å². The molecule has 2 nitrogen and oxygen atoms in total. The average Bonchev–Trinajstić information content (AvgIpc) is 2.40. The van der Waals surface area contributed by atoms with Crippen LogP contribution in [0.15, 0.2) is 46.9 Å². The van der Waals surface area contributed by atoms with Gasteiger partial charge in [0.2, 0.25) is 0 Å². The van der Waals surface area contributed by atoms with Crippen molar-refractivity contribution in [3.8, 4) is 5.75 Å². The number of hydrogen-bond donors (Lipinski definition) is 1. The van der Waals surface area contributed by atoms with Gasteiger partial charge in [-0.1, -0.05) is 40.2 Å². The molecule has 3 rings (SSSR count). The van der Waals surface area contributed by atoms with Crippen LogP contribution in [0.2, 0.25) is 0 Å². The largest absolute Gasteiger partial charge is 0.496 e. The number of hydrogen-bond acceptors (Lipinski definition) is 2. The summed E-state index contributed by atoms with van der Waals surface area (Å²) in [7, 11) is 1.66. The van der Waals surface area contributed by atoms with Crippen molar-refractivity contribution in [2.75, 3.05) is 7.11 Å². The van der Waals surface area contributed by atoms with Crippen LogP contribution in [-0.4, -0.2) is 18.3 Å². The SMILES string of the molecule is COc1ccc(Br)cc1CC(O)C1Cc2ccccc21. The highest BCUT2D eigenvalue weighted by Crippen LogP contribution is 2.39. The van der Waals surface area contributed by atoms with Crippen molar-refractivity contribution in [3.05, 3.63) is 63.6 Å². The third kappa shape index (κ3) is 2.48. The first-order valence-electron chi connectivity index (χ1n) is 6.77. The van der Waals surface area contributed by atoms with Gasteiger partial charge in [-0.3, -0.25) is 0 Å². The quantitative estimate of drug-likeness (QED) is 0.924. The van der Waals surface area contributed by atoms with Crippen LogP contribution >= 0.6 is 15.9 Å². The summed E-state index contributed by atoms with van der Waals surface area (Å²) in [5.74, 6) is 1.08. The van der Waals surface area contributed by atoms with Crippen molar-refractivity contribution in [1.82, 2.24) is 0 Å². The van der Waals surface area contributed by atoms with Gasteiger partial charge in [0.25, 0.3) is 0 Å². The van der Waals surface area contributed by atoms with Gasteiger partial charge in [-0.05, 0) is 41.3 Å². The van der Waals surface area contributed by atoms with Crippen molar-refractivity contribution in [2.24, 2.45) is 0 Å². The van der Waals surface area contributed by atoms with E-state index in [4.69, 9.17) is 4.74 Å². The topological polar surface area (TPSA) is 29.5 Å². The molecule has 1 N–H and O–H groups in total. The van der Waals surface area contributed by atoms with E-state index in [2.05, 4.69) is 34.1 Å². The fourth-order valence-electron chi connectivity index (χ4n) is 2.92. The van der Waals surface area contributed by atoms with Crippen LogP contribution in [0.5, 0.6) is 5.75 Å². The van der Waals surface area contributed by atoms with Crippen LogP contribution in [0.25, 0.3) is 0 Å². The number of ether oxygens (including phenoxy) is 1. The lowest BCUT2D eigenvalue weighted by Gasteiger charge is -2.34. The van der Waals surface area contributed by atoms with Gasteiger partial charge in [-0.2, -0.15) is 0 Å². The number of aliphatic hydroxyl groups excluding tert-OH is 1. The Morgan fingerprint density at radius 3 is 2.85 bits per heavy atom. The molecule has 0 saturated heterocycles. The van der Waals surface area contributed by atoms with E-state index in [9.17, 15) is 5.11 Å². The maximum Gasteiger partial charge on any atom is 0.122 e. The predicted octanol–water partition coefficient (Wildman–Crippen LogP) is 3.70. The molecule has 0 spiro atoms. The Kier molecular flexibility index (Phi) is 3.81. The van der Waals surface area contributed by atoms with E-state index in [1.54, 1.807) is 7.11 Å². The fraction of sp³-hybridized carbons (Fsp3) is 0.294. The third-order valence-corrected chi connectivity index (χ3v) is 4.52. The van der Waals surface area contributed by atoms with Crippen molar-refractivity contribution >= 4 is 15.9 Å². The molecule has 1 aliphatic carbocycles. The number of fused-ring (bicyclic) bond motifs is 1. The maximum absolute atomic E-state index is 10.5. The molecule has 0 amide bonds. The number of methoxy groups -OCH3 is 1. The van der Waals surface area contributed by atoms with Gasteiger partial charge in [0, 0.05) is 16.8 Å². The van der Waals surface area contributed by atoms with E-state index in [-0.39, 0.29) is 12.0 Å². The molecule has 1 aliphatic rings. The first-order chi connectivity index (χ1) is 9.69. The second kappa shape index (κ2) is 5.58. The summed E-state index contributed by atoms with van der Waals surface area (Å²) in [4.78, 5) is 0. The van der Waals surface area contributed by atoms with Crippen LogP contribution in [0.4, 0.5) is 0 Å². The maximum atomic E-state index is 10.5. The Labute approximate surface area is 127 Å². The first-order valence-corrected chi connectivity index (χ1v) is 7.56. The predicted molar refractivity (Wildman–Crippen MR) is 83.3 cm³/mol. The van der Waals surface area contributed by atoms with E-state index in [0.29, 0.717) is 6.42 Å². The third-order valence-electron chi connectivity index (χ3n) is 4.03. The number of halogens is 1. The average molecular weight is 333 g/mol. The van der Waals surface area contributed by atoms with Crippen molar-refractivity contribution < 1.29 is 9.84 Å². The highest BCUT2D eigenvalue weighted by atomic mass is 79.9. The van der Waals surface area contributed by atoms with E-state index < -0.39 is 0 Å². The molecule has 0 saturated carbocycles. The molecular formula is C17H17BrO2. The highest BCUT2D eigenvalue weighted by molar-refractivity contribution is 9.10. The molecule has 0 fully saturated rings. The highest BCUT2D eigenvalue weighted by Gasteiger charge is 2.32. The molecule has 2 aromatic carbocycles. The van der Waals surface area contributed by atoms with E-state index >= 15 is 0 Å². The Morgan fingerprint density at radius 1 is 1.30 bits per heavy atom. The standard InChI is InChI=1S/C17H17BrO2/c1-20-17-7-6-13(18)8-12(17)10-16(19)15-9-11-4-2-3-5-14(11)15/h2-8,15-16,19H,9-10H2,1H3. The van der Waals surface area contributed by atoms with Crippen LogP contribution < -0.4 is 4.74 Å². The van der Waals surface area contributed by atoms with Crippen LogP contribution in [-0.2, 0) is 12.8 Å². The molecular weight excluding hydrogens is 316 g/mol.